The summed E-state index contributed by atoms with van der Waals surface area (Å²) in [5.41, 5.74) is 0.403. The Bertz CT molecular complexity index is 190. The summed E-state index contributed by atoms with van der Waals surface area (Å²) in [5.74, 6) is 0. The molecule has 0 aromatic rings. The molecule has 1 N–H and O–H groups in total. The van der Waals surface area contributed by atoms with Crippen LogP contribution < -0.4 is 5.32 Å². The predicted molar refractivity (Wildman–Crippen MR) is 74.4 cm³/mol. The van der Waals surface area contributed by atoms with Crippen LogP contribution in [0, 0.1) is 5.41 Å². The Labute approximate surface area is 108 Å². The normalized spacial score (nSPS) is 26.1. The van der Waals surface area contributed by atoms with Crippen molar-refractivity contribution in [3.63, 3.8) is 0 Å². The molecule has 0 spiro atoms. The summed E-state index contributed by atoms with van der Waals surface area (Å²) in [4.78, 5) is 0. The van der Waals surface area contributed by atoms with Crippen molar-refractivity contribution >= 4 is 0 Å². The first kappa shape index (κ1) is 15.0. The third kappa shape index (κ3) is 7.05. The SMILES string of the molecule is CCCNC1CCC(OCCC(C)(C)C)CC1. The first-order valence-corrected chi connectivity index (χ1v) is 7.36. The molecular formula is C15H31NO. The fraction of sp³-hybridized carbons (Fsp3) is 1.00. The van der Waals surface area contributed by atoms with E-state index in [9.17, 15) is 0 Å². The van der Waals surface area contributed by atoms with Crippen molar-refractivity contribution in [1.29, 1.82) is 0 Å². The Kier molecular flexibility index (Phi) is 6.50. The molecule has 102 valence electrons. The lowest BCUT2D eigenvalue weighted by Gasteiger charge is -2.30. The molecule has 0 bridgehead atoms. The van der Waals surface area contributed by atoms with Crippen LogP contribution in [0.15, 0.2) is 0 Å². The zero-order valence-corrected chi connectivity index (χ0v) is 12.2. The molecule has 0 amide bonds. The van der Waals surface area contributed by atoms with Gasteiger partial charge < -0.3 is 10.1 Å². The van der Waals surface area contributed by atoms with Crippen molar-refractivity contribution in [3.8, 4) is 0 Å². The minimum absolute atomic E-state index is 0.403. The van der Waals surface area contributed by atoms with Gasteiger partial charge in [0.25, 0.3) is 0 Å². The van der Waals surface area contributed by atoms with E-state index in [4.69, 9.17) is 4.74 Å². The molecule has 1 aliphatic rings. The van der Waals surface area contributed by atoms with Crippen LogP contribution in [-0.4, -0.2) is 25.3 Å². The highest BCUT2D eigenvalue weighted by Gasteiger charge is 2.21. The molecule has 1 rings (SSSR count). The Morgan fingerprint density at radius 1 is 1.12 bits per heavy atom. The molecular weight excluding hydrogens is 210 g/mol. The predicted octanol–water partition coefficient (Wildman–Crippen LogP) is 3.75. The lowest BCUT2D eigenvalue weighted by Crippen LogP contribution is -2.35. The second-order valence-corrected chi connectivity index (χ2v) is 6.61. The Hall–Kier alpha value is -0.0800. The molecule has 17 heavy (non-hydrogen) atoms. The summed E-state index contributed by atoms with van der Waals surface area (Å²) in [6.45, 7) is 11.2. The van der Waals surface area contributed by atoms with Crippen LogP contribution in [0.1, 0.15) is 66.2 Å². The first-order chi connectivity index (χ1) is 8.01. The zero-order valence-electron chi connectivity index (χ0n) is 12.2. The average Bonchev–Trinajstić information content (AvgIpc) is 2.26. The molecule has 0 heterocycles. The van der Waals surface area contributed by atoms with E-state index < -0.39 is 0 Å². The molecule has 2 nitrogen and oxygen atoms in total. The van der Waals surface area contributed by atoms with Gasteiger partial charge in [0.2, 0.25) is 0 Å². The van der Waals surface area contributed by atoms with Gasteiger partial charge >= 0.3 is 0 Å². The monoisotopic (exact) mass is 241 g/mol. The van der Waals surface area contributed by atoms with Crippen molar-refractivity contribution in [2.45, 2.75) is 78.4 Å². The number of hydrogen-bond donors (Lipinski definition) is 1. The van der Waals surface area contributed by atoms with Gasteiger partial charge in [-0.05, 0) is 50.5 Å². The molecule has 0 aromatic carbocycles. The van der Waals surface area contributed by atoms with Gasteiger partial charge in [-0.2, -0.15) is 0 Å². The van der Waals surface area contributed by atoms with Crippen molar-refractivity contribution in [2.24, 2.45) is 5.41 Å². The fourth-order valence-electron chi connectivity index (χ4n) is 2.31. The molecule has 0 aliphatic heterocycles. The van der Waals surface area contributed by atoms with E-state index >= 15 is 0 Å². The van der Waals surface area contributed by atoms with E-state index in [0.717, 1.165) is 12.6 Å². The van der Waals surface area contributed by atoms with Crippen molar-refractivity contribution in [2.75, 3.05) is 13.2 Å². The largest absolute Gasteiger partial charge is 0.378 e. The van der Waals surface area contributed by atoms with Crippen LogP contribution in [-0.2, 0) is 4.74 Å². The van der Waals surface area contributed by atoms with Gasteiger partial charge in [-0.15, -0.1) is 0 Å². The fourth-order valence-corrected chi connectivity index (χ4v) is 2.31. The van der Waals surface area contributed by atoms with Crippen molar-refractivity contribution in [1.82, 2.24) is 5.32 Å². The van der Waals surface area contributed by atoms with E-state index in [1.165, 1.54) is 45.1 Å². The number of ether oxygens (including phenoxy) is 1. The maximum atomic E-state index is 5.98. The van der Waals surface area contributed by atoms with Gasteiger partial charge in [0.1, 0.15) is 0 Å². The summed E-state index contributed by atoms with van der Waals surface area (Å²) < 4.78 is 5.98. The third-order valence-corrected chi connectivity index (χ3v) is 3.56. The smallest absolute Gasteiger partial charge is 0.0576 e. The van der Waals surface area contributed by atoms with Gasteiger partial charge in [-0.3, -0.25) is 0 Å². The summed E-state index contributed by atoms with van der Waals surface area (Å²) >= 11 is 0. The second-order valence-electron chi connectivity index (χ2n) is 6.61. The maximum absolute atomic E-state index is 5.98. The lowest BCUT2D eigenvalue weighted by atomic mass is 9.91. The molecule has 0 unspecified atom stereocenters. The Morgan fingerprint density at radius 3 is 2.29 bits per heavy atom. The van der Waals surface area contributed by atoms with E-state index in [-0.39, 0.29) is 0 Å². The average molecular weight is 241 g/mol. The van der Waals surface area contributed by atoms with Crippen LogP contribution >= 0.6 is 0 Å². The van der Waals surface area contributed by atoms with Crippen LogP contribution in [0.2, 0.25) is 0 Å². The number of hydrogen-bond acceptors (Lipinski definition) is 2. The Morgan fingerprint density at radius 2 is 1.76 bits per heavy atom. The Balaban J connectivity index is 2.07. The molecule has 0 radical (unpaired) electrons. The minimum atomic E-state index is 0.403. The molecule has 1 fully saturated rings. The quantitative estimate of drug-likeness (QED) is 0.764. The molecule has 0 saturated heterocycles. The van der Waals surface area contributed by atoms with E-state index in [2.05, 4.69) is 33.0 Å². The van der Waals surface area contributed by atoms with E-state index in [0.29, 0.717) is 11.5 Å². The summed E-state index contributed by atoms with van der Waals surface area (Å²) in [7, 11) is 0. The van der Waals surface area contributed by atoms with Gasteiger partial charge in [0, 0.05) is 12.6 Å². The molecule has 1 aliphatic carbocycles. The maximum Gasteiger partial charge on any atom is 0.0576 e. The van der Waals surface area contributed by atoms with Crippen molar-refractivity contribution < 1.29 is 4.74 Å². The summed E-state index contributed by atoms with van der Waals surface area (Å²) in [6, 6.07) is 0.748. The summed E-state index contributed by atoms with van der Waals surface area (Å²) in [6.07, 6.45) is 8.00. The van der Waals surface area contributed by atoms with Crippen LogP contribution in [0.4, 0.5) is 0 Å². The highest BCUT2D eigenvalue weighted by molar-refractivity contribution is 4.77. The topological polar surface area (TPSA) is 21.3 Å². The molecule has 2 heteroatoms. The molecule has 0 aromatic heterocycles. The highest BCUT2D eigenvalue weighted by atomic mass is 16.5. The second kappa shape index (κ2) is 7.38. The molecule has 1 saturated carbocycles. The van der Waals surface area contributed by atoms with Crippen LogP contribution in [0.3, 0.4) is 0 Å². The van der Waals surface area contributed by atoms with Gasteiger partial charge in [0.05, 0.1) is 6.10 Å². The minimum Gasteiger partial charge on any atom is -0.378 e. The van der Waals surface area contributed by atoms with Crippen molar-refractivity contribution in [3.05, 3.63) is 0 Å². The molecule has 0 atom stereocenters. The van der Waals surface area contributed by atoms with Gasteiger partial charge in [-0.25, -0.2) is 0 Å². The summed E-state index contributed by atoms with van der Waals surface area (Å²) in [5, 5.41) is 3.62. The van der Waals surface area contributed by atoms with Gasteiger partial charge in [-0.1, -0.05) is 27.7 Å². The third-order valence-electron chi connectivity index (χ3n) is 3.56. The number of nitrogens with one attached hydrogen (secondary N) is 1. The standard InChI is InChI=1S/C15H31NO/c1-5-11-16-13-6-8-14(9-7-13)17-12-10-15(2,3)4/h13-14,16H,5-12H2,1-4H3. The van der Waals surface area contributed by atoms with Crippen LogP contribution in [0.25, 0.3) is 0 Å². The van der Waals surface area contributed by atoms with E-state index in [1.54, 1.807) is 0 Å². The first-order valence-electron chi connectivity index (χ1n) is 7.36. The van der Waals surface area contributed by atoms with Gasteiger partial charge in [0.15, 0.2) is 0 Å². The van der Waals surface area contributed by atoms with Crippen LogP contribution in [0.5, 0.6) is 0 Å². The highest BCUT2D eigenvalue weighted by Crippen LogP contribution is 2.23. The number of rotatable bonds is 6. The van der Waals surface area contributed by atoms with E-state index in [1.807, 2.05) is 0 Å². The zero-order chi connectivity index (χ0) is 12.7. The lowest BCUT2D eigenvalue weighted by molar-refractivity contribution is 0.0108.